The van der Waals surface area contributed by atoms with E-state index in [1.54, 1.807) is 11.1 Å². The van der Waals surface area contributed by atoms with Crippen LogP contribution in [0, 0.1) is 6.92 Å². The molecule has 2 aromatic heterocycles. The van der Waals surface area contributed by atoms with E-state index in [1.165, 1.54) is 0 Å². The van der Waals surface area contributed by atoms with Gasteiger partial charge in [0, 0.05) is 64.0 Å². The fourth-order valence-electron chi connectivity index (χ4n) is 4.90. The fourth-order valence-corrected chi connectivity index (χ4v) is 4.90. The van der Waals surface area contributed by atoms with E-state index in [-0.39, 0.29) is 24.3 Å². The van der Waals surface area contributed by atoms with Gasteiger partial charge in [0.25, 0.3) is 0 Å². The van der Waals surface area contributed by atoms with Gasteiger partial charge < -0.3 is 15.1 Å². The summed E-state index contributed by atoms with van der Waals surface area (Å²) in [6, 6.07) is 8.17. The third-order valence-corrected chi connectivity index (χ3v) is 6.58. The second-order valence-electron chi connectivity index (χ2n) is 8.67. The quantitative estimate of drug-likeness (QED) is 0.753. The van der Waals surface area contributed by atoms with Crippen molar-refractivity contribution in [1.82, 2.24) is 29.9 Å². The smallest absolute Gasteiger partial charge is 0.240 e. The molecule has 5 heterocycles. The number of nitrogens with zero attached hydrogens (tertiary/aromatic N) is 6. The van der Waals surface area contributed by atoms with E-state index in [0.717, 1.165) is 56.5 Å². The third kappa shape index (κ3) is 4.07. The van der Waals surface area contributed by atoms with Crippen LogP contribution in [0.5, 0.6) is 0 Å². The molecular weight excluding hydrogens is 394 g/mol. The predicted molar refractivity (Wildman–Crippen MR) is 116 cm³/mol. The molecule has 3 saturated heterocycles. The van der Waals surface area contributed by atoms with E-state index in [1.807, 2.05) is 29.8 Å². The highest BCUT2D eigenvalue weighted by Crippen LogP contribution is 2.24. The maximum atomic E-state index is 12.7. The van der Waals surface area contributed by atoms with Crippen LogP contribution in [-0.4, -0.2) is 94.2 Å². The molecule has 2 atom stereocenters. The van der Waals surface area contributed by atoms with E-state index in [2.05, 4.69) is 31.3 Å². The first-order chi connectivity index (χ1) is 15.1. The van der Waals surface area contributed by atoms with E-state index in [9.17, 15) is 9.59 Å². The molecule has 0 radical (unpaired) electrons. The van der Waals surface area contributed by atoms with Crippen molar-refractivity contribution in [3.8, 4) is 5.82 Å². The Hall–Kier alpha value is -2.78. The molecule has 0 saturated carbocycles. The standard InChI is InChI=1S/C22H29N7O2/c1-16-12-21(29(25-16)20-4-2-3-6-23-20)27-10-8-26(9-11-27)17-13-19(24-14-17)22(31)28-7-5-18(30)15-28/h2-4,6,12,17,19,24H,5,7-11,13-15H2,1H3/t17-,19-/m0/s1. The van der Waals surface area contributed by atoms with Crippen LogP contribution in [0.15, 0.2) is 30.5 Å². The molecular formula is C22H29N7O2. The number of nitrogens with one attached hydrogen (secondary N) is 1. The van der Waals surface area contributed by atoms with E-state index >= 15 is 0 Å². The molecule has 1 N–H and O–H groups in total. The van der Waals surface area contributed by atoms with Crippen molar-refractivity contribution in [2.75, 3.05) is 50.7 Å². The summed E-state index contributed by atoms with van der Waals surface area (Å²) in [5.41, 5.74) is 0.977. The lowest BCUT2D eigenvalue weighted by Crippen LogP contribution is -2.51. The maximum absolute atomic E-state index is 12.7. The Bertz CT molecular complexity index is 952. The van der Waals surface area contributed by atoms with Crippen LogP contribution < -0.4 is 10.2 Å². The number of rotatable bonds is 4. The van der Waals surface area contributed by atoms with Gasteiger partial charge >= 0.3 is 0 Å². The number of aryl methyl sites for hydroxylation is 1. The van der Waals surface area contributed by atoms with E-state index in [4.69, 9.17) is 0 Å². The van der Waals surface area contributed by atoms with Crippen LogP contribution in [0.4, 0.5) is 5.82 Å². The topological polar surface area (TPSA) is 86.6 Å². The molecule has 0 aromatic carbocycles. The Morgan fingerprint density at radius 3 is 2.71 bits per heavy atom. The summed E-state index contributed by atoms with van der Waals surface area (Å²) in [4.78, 5) is 35.2. The highest BCUT2D eigenvalue weighted by molar-refractivity contribution is 5.91. The van der Waals surface area contributed by atoms with Crippen molar-refractivity contribution < 1.29 is 9.59 Å². The van der Waals surface area contributed by atoms with Gasteiger partial charge in [-0.15, -0.1) is 0 Å². The van der Waals surface area contributed by atoms with Gasteiger partial charge in [-0.3, -0.25) is 14.5 Å². The molecule has 9 heteroatoms. The van der Waals surface area contributed by atoms with Crippen LogP contribution in [-0.2, 0) is 9.59 Å². The first kappa shape index (κ1) is 20.1. The van der Waals surface area contributed by atoms with Crippen LogP contribution in [0.1, 0.15) is 18.5 Å². The zero-order valence-electron chi connectivity index (χ0n) is 17.9. The Balaban J connectivity index is 1.19. The zero-order valence-corrected chi connectivity index (χ0v) is 17.9. The monoisotopic (exact) mass is 423 g/mol. The molecule has 9 nitrogen and oxygen atoms in total. The van der Waals surface area contributed by atoms with Crippen molar-refractivity contribution in [2.24, 2.45) is 0 Å². The molecule has 0 unspecified atom stereocenters. The van der Waals surface area contributed by atoms with Gasteiger partial charge in [-0.2, -0.15) is 9.78 Å². The number of aromatic nitrogens is 3. The molecule has 0 aliphatic carbocycles. The largest absolute Gasteiger partial charge is 0.354 e. The molecule has 2 aromatic rings. The Morgan fingerprint density at radius 2 is 2.00 bits per heavy atom. The second-order valence-corrected chi connectivity index (χ2v) is 8.67. The number of likely N-dealkylation sites (tertiary alicyclic amines) is 1. The lowest BCUT2D eigenvalue weighted by molar-refractivity contribution is -0.133. The number of Topliss-reactive ketones (excluding diaryl/α,β-unsaturated/α-hetero) is 1. The zero-order chi connectivity index (χ0) is 21.4. The van der Waals surface area contributed by atoms with Crippen molar-refractivity contribution in [2.45, 2.75) is 31.8 Å². The van der Waals surface area contributed by atoms with Gasteiger partial charge in [-0.05, 0) is 25.5 Å². The molecule has 3 aliphatic heterocycles. The Kier molecular flexibility index (Phi) is 5.45. The number of anilines is 1. The lowest BCUT2D eigenvalue weighted by Gasteiger charge is -2.38. The summed E-state index contributed by atoms with van der Waals surface area (Å²) in [6.07, 6.45) is 3.10. The highest BCUT2D eigenvalue weighted by atomic mass is 16.2. The summed E-state index contributed by atoms with van der Waals surface area (Å²) in [7, 11) is 0. The van der Waals surface area contributed by atoms with Gasteiger partial charge in [-0.25, -0.2) is 4.98 Å². The van der Waals surface area contributed by atoms with Crippen LogP contribution in [0.25, 0.3) is 5.82 Å². The number of pyridine rings is 1. The van der Waals surface area contributed by atoms with Crippen molar-refractivity contribution in [1.29, 1.82) is 0 Å². The minimum absolute atomic E-state index is 0.0849. The van der Waals surface area contributed by atoms with Crippen LogP contribution >= 0.6 is 0 Å². The molecule has 164 valence electrons. The number of carbonyl (C=O) groups is 2. The number of amides is 1. The number of piperazine rings is 1. The SMILES string of the molecule is Cc1cc(N2CCN([C@@H]3CN[C@H](C(=O)N4CCC(=O)C4)C3)CC2)n(-c2ccccn2)n1. The molecule has 0 bridgehead atoms. The van der Waals surface area contributed by atoms with E-state index in [0.29, 0.717) is 19.0 Å². The number of hydrogen-bond acceptors (Lipinski definition) is 7. The first-order valence-corrected chi connectivity index (χ1v) is 11.1. The summed E-state index contributed by atoms with van der Waals surface area (Å²) in [5.74, 6) is 2.16. The number of hydrogen-bond donors (Lipinski definition) is 1. The fraction of sp³-hybridized carbons (Fsp3) is 0.545. The van der Waals surface area contributed by atoms with Crippen LogP contribution in [0.2, 0.25) is 0 Å². The molecule has 0 spiro atoms. The van der Waals surface area contributed by atoms with E-state index < -0.39 is 0 Å². The molecule has 3 fully saturated rings. The van der Waals surface area contributed by atoms with Gasteiger partial charge in [0.05, 0.1) is 18.3 Å². The maximum Gasteiger partial charge on any atom is 0.240 e. The second kappa shape index (κ2) is 8.39. The summed E-state index contributed by atoms with van der Waals surface area (Å²) < 4.78 is 1.92. The van der Waals surface area contributed by atoms with Gasteiger partial charge in [0.15, 0.2) is 11.6 Å². The first-order valence-electron chi connectivity index (χ1n) is 11.1. The predicted octanol–water partition coefficient (Wildman–Crippen LogP) is 0.230. The van der Waals surface area contributed by atoms with Gasteiger partial charge in [0.1, 0.15) is 5.82 Å². The van der Waals surface area contributed by atoms with Crippen molar-refractivity contribution in [3.63, 3.8) is 0 Å². The van der Waals surface area contributed by atoms with Crippen LogP contribution in [0.3, 0.4) is 0 Å². The minimum Gasteiger partial charge on any atom is -0.354 e. The average Bonchev–Trinajstić information content (AvgIpc) is 3.54. The third-order valence-electron chi connectivity index (χ3n) is 6.58. The van der Waals surface area contributed by atoms with Crippen molar-refractivity contribution in [3.05, 3.63) is 36.2 Å². The summed E-state index contributed by atoms with van der Waals surface area (Å²) in [6.45, 7) is 7.40. The Morgan fingerprint density at radius 1 is 1.16 bits per heavy atom. The van der Waals surface area contributed by atoms with Gasteiger partial charge in [-0.1, -0.05) is 6.07 Å². The molecule has 31 heavy (non-hydrogen) atoms. The molecule has 3 aliphatic rings. The molecule has 1 amide bonds. The summed E-state index contributed by atoms with van der Waals surface area (Å²) >= 11 is 0. The number of carbonyl (C=O) groups excluding carboxylic acids is 2. The Labute approximate surface area is 182 Å². The number of ketones is 1. The minimum atomic E-state index is -0.165. The normalized spacial score (nSPS) is 24.9. The average molecular weight is 424 g/mol. The summed E-state index contributed by atoms with van der Waals surface area (Å²) in [5, 5.41) is 8.04. The lowest BCUT2D eigenvalue weighted by atomic mass is 10.1. The highest BCUT2D eigenvalue weighted by Gasteiger charge is 2.37. The molecule has 5 rings (SSSR count). The van der Waals surface area contributed by atoms with Gasteiger partial charge in [0.2, 0.25) is 5.91 Å². The van der Waals surface area contributed by atoms with Crippen molar-refractivity contribution >= 4 is 17.5 Å².